The Morgan fingerprint density at radius 2 is 1.81 bits per heavy atom. The van der Waals surface area contributed by atoms with Crippen molar-refractivity contribution in [2.45, 2.75) is 17.4 Å². The van der Waals surface area contributed by atoms with Crippen LogP contribution in [0.1, 0.15) is 18.2 Å². The number of ether oxygens (including phenoxy) is 1. The summed E-state index contributed by atoms with van der Waals surface area (Å²) in [4.78, 5) is 14.0. The molecule has 2 saturated heterocycles. The van der Waals surface area contributed by atoms with Gasteiger partial charge in [-0.25, -0.2) is 25.9 Å². The van der Waals surface area contributed by atoms with Gasteiger partial charge in [-0.1, -0.05) is 0 Å². The van der Waals surface area contributed by atoms with Crippen LogP contribution in [0.5, 0.6) is 0 Å². The van der Waals surface area contributed by atoms with Crippen LogP contribution >= 0.6 is 0 Å². The molecule has 0 radical (unpaired) electrons. The quantitative estimate of drug-likeness (QED) is 0.628. The van der Waals surface area contributed by atoms with Crippen LogP contribution in [0.2, 0.25) is 0 Å². The number of hydrogen-bond donors (Lipinski definition) is 1. The number of nitrogens with one attached hydrogen (secondary N) is 1. The third-order valence-electron chi connectivity index (χ3n) is 5.28. The summed E-state index contributed by atoms with van der Waals surface area (Å²) in [6, 6.07) is 8.48. The Hall–Kier alpha value is -2.25. The first-order valence-corrected chi connectivity index (χ1v) is 12.9. The molecule has 0 aliphatic carbocycles. The molecule has 2 fully saturated rings. The minimum atomic E-state index is -3.87. The number of rotatable bonds is 7. The van der Waals surface area contributed by atoms with Gasteiger partial charge in [0.2, 0.25) is 26.0 Å². The third-order valence-corrected chi connectivity index (χ3v) is 8.42. The van der Waals surface area contributed by atoms with Crippen molar-refractivity contribution in [2.24, 2.45) is 0 Å². The normalized spacial score (nSPS) is 20.8. The van der Waals surface area contributed by atoms with Gasteiger partial charge in [0.1, 0.15) is 5.76 Å². The predicted molar refractivity (Wildman–Crippen MR) is 111 cm³/mol. The molecular weight excluding hydrogens is 446 g/mol. The van der Waals surface area contributed by atoms with Crippen molar-refractivity contribution in [3.05, 3.63) is 48.4 Å². The lowest BCUT2D eigenvalue weighted by Gasteiger charge is -2.33. The summed E-state index contributed by atoms with van der Waals surface area (Å²) in [6.07, 6.45) is 1.46. The van der Waals surface area contributed by atoms with Crippen LogP contribution in [0.15, 0.2) is 52.0 Å². The Morgan fingerprint density at radius 3 is 2.39 bits per heavy atom. The van der Waals surface area contributed by atoms with E-state index in [1.807, 2.05) is 0 Å². The zero-order valence-electron chi connectivity index (χ0n) is 16.6. The van der Waals surface area contributed by atoms with E-state index in [9.17, 15) is 21.6 Å². The van der Waals surface area contributed by atoms with Crippen LogP contribution in [-0.2, 0) is 29.6 Å². The van der Waals surface area contributed by atoms with Gasteiger partial charge in [-0.15, -0.1) is 0 Å². The maximum Gasteiger partial charge on any atom is 0.242 e. The van der Waals surface area contributed by atoms with Crippen molar-refractivity contribution in [2.75, 3.05) is 42.9 Å². The number of carbonyl (C=O) groups excluding carboxylic acids is 1. The van der Waals surface area contributed by atoms with E-state index in [0.29, 0.717) is 32.1 Å². The molecule has 2 aromatic rings. The first-order valence-electron chi connectivity index (χ1n) is 9.79. The number of sulfonamides is 2. The first kappa shape index (κ1) is 22.0. The second kappa shape index (κ2) is 8.71. The van der Waals surface area contributed by atoms with Crippen molar-refractivity contribution >= 4 is 31.6 Å². The van der Waals surface area contributed by atoms with E-state index in [0.717, 1.165) is 4.31 Å². The summed E-state index contributed by atoms with van der Waals surface area (Å²) >= 11 is 0. The first-order chi connectivity index (χ1) is 14.8. The molecule has 10 nitrogen and oxygen atoms in total. The molecular formula is C19H23N3O7S2. The van der Waals surface area contributed by atoms with Gasteiger partial charge in [-0.05, 0) is 36.4 Å². The number of morpholine rings is 1. The van der Waals surface area contributed by atoms with E-state index in [4.69, 9.17) is 9.15 Å². The number of hydrogen-bond acceptors (Lipinski definition) is 8. The van der Waals surface area contributed by atoms with Crippen LogP contribution in [0, 0.1) is 0 Å². The maximum absolute atomic E-state index is 12.8. The summed E-state index contributed by atoms with van der Waals surface area (Å²) < 4.78 is 64.0. The van der Waals surface area contributed by atoms with Crippen molar-refractivity contribution in [1.29, 1.82) is 0 Å². The molecule has 1 aromatic carbocycles. The maximum atomic E-state index is 12.8. The molecule has 1 amide bonds. The van der Waals surface area contributed by atoms with E-state index in [2.05, 4.69) is 9.62 Å². The van der Waals surface area contributed by atoms with Crippen LogP contribution in [0.25, 0.3) is 0 Å². The Bertz CT molecular complexity index is 1120. The number of amides is 1. The molecule has 4 rings (SSSR count). The fourth-order valence-electron chi connectivity index (χ4n) is 3.68. The van der Waals surface area contributed by atoms with Gasteiger partial charge in [0.15, 0.2) is 0 Å². The Morgan fingerprint density at radius 1 is 1.10 bits per heavy atom. The molecule has 0 saturated carbocycles. The largest absolute Gasteiger partial charge is 0.468 e. The second-order valence-electron chi connectivity index (χ2n) is 7.25. The SMILES string of the molecule is O=C1CCS(=O)(=O)N1c1ccc(S(=O)(=O)NC[C@H](c2ccco2)N2CCOCC2)cc1. The molecule has 0 bridgehead atoms. The molecule has 0 spiro atoms. The number of nitrogens with zero attached hydrogens (tertiary/aromatic N) is 2. The molecule has 1 N–H and O–H groups in total. The lowest BCUT2D eigenvalue weighted by atomic mass is 10.2. The minimum Gasteiger partial charge on any atom is -0.468 e. The molecule has 168 valence electrons. The number of anilines is 1. The zero-order chi connectivity index (χ0) is 22.1. The zero-order valence-corrected chi connectivity index (χ0v) is 18.3. The summed E-state index contributed by atoms with van der Waals surface area (Å²) in [5.74, 6) is -0.124. The van der Waals surface area contributed by atoms with Crippen molar-refractivity contribution in [3.8, 4) is 0 Å². The van der Waals surface area contributed by atoms with Gasteiger partial charge in [0, 0.05) is 26.1 Å². The minimum absolute atomic E-state index is 0.0273. The van der Waals surface area contributed by atoms with E-state index in [1.165, 1.54) is 24.3 Å². The summed E-state index contributed by atoms with van der Waals surface area (Å²) in [5.41, 5.74) is 0.128. The molecule has 3 heterocycles. The number of furan rings is 1. The molecule has 2 aliphatic rings. The average molecular weight is 470 g/mol. The van der Waals surface area contributed by atoms with Gasteiger partial charge in [-0.2, -0.15) is 0 Å². The summed E-state index contributed by atoms with van der Waals surface area (Å²) in [5, 5.41) is 0. The molecule has 12 heteroatoms. The highest BCUT2D eigenvalue weighted by molar-refractivity contribution is 7.94. The third kappa shape index (κ3) is 4.67. The molecule has 0 unspecified atom stereocenters. The highest BCUT2D eigenvalue weighted by Crippen LogP contribution is 2.27. The average Bonchev–Trinajstić information content (AvgIpc) is 3.37. The van der Waals surface area contributed by atoms with Gasteiger partial charge in [-0.3, -0.25) is 9.69 Å². The van der Waals surface area contributed by atoms with Gasteiger partial charge < -0.3 is 9.15 Å². The van der Waals surface area contributed by atoms with E-state index in [-0.39, 0.29) is 35.3 Å². The number of benzene rings is 1. The molecule has 1 aromatic heterocycles. The molecule has 1 atom stereocenters. The van der Waals surface area contributed by atoms with Crippen LogP contribution < -0.4 is 9.03 Å². The summed E-state index contributed by atoms with van der Waals surface area (Å²) in [7, 11) is -7.57. The fraction of sp³-hybridized carbons (Fsp3) is 0.421. The van der Waals surface area contributed by atoms with E-state index < -0.39 is 26.0 Å². The summed E-state index contributed by atoms with van der Waals surface area (Å²) in [6.45, 7) is 2.52. The van der Waals surface area contributed by atoms with Crippen LogP contribution in [0.3, 0.4) is 0 Å². The number of carbonyl (C=O) groups is 1. The molecule has 2 aliphatic heterocycles. The van der Waals surface area contributed by atoms with Crippen molar-refractivity contribution in [1.82, 2.24) is 9.62 Å². The van der Waals surface area contributed by atoms with Gasteiger partial charge >= 0.3 is 0 Å². The second-order valence-corrected chi connectivity index (χ2v) is 11.0. The monoisotopic (exact) mass is 469 g/mol. The van der Waals surface area contributed by atoms with Crippen LogP contribution in [0.4, 0.5) is 5.69 Å². The lowest BCUT2D eigenvalue weighted by molar-refractivity contribution is -0.116. The predicted octanol–water partition coefficient (Wildman–Crippen LogP) is 0.698. The van der Waals surface area contributed by atoms with Crippen molar-refractivity contribution in [3.63, 3.8) is 0 Å². The highest BCUT2D eigenvalue weighted by Gasteiger charge is 2.36. The smallest absolute Gasteiger partial charge is 0.242 e. The fourth-order valence-corrected chi connectivity index (χ4v) is 6.18. The topological polar surface area (TPSA) is 126 Å². The van der Waals surface area contributed by atoms with E-state index >= 15 is 0 Å². The lowest BCUT2D eigenvalue weighted by Crippen LogP contribution is -2.43. The molecule has 31 heavy (non-hydrogen) atoms. The van der Waals surface area contributed by atoms with Gasteiger partial charge in [0.05, 0.1) is 41.9 Å². The standard InChI is InChI=1S/C19H23N3O7S2/c23-19-7-13-30(24,25)22(19)15-3-5-16(6-4-15)31(26,27)20-14-17(18-2-1-10-29-18)21-8-11-28-12-9-21/h1-6,10,17,20H,7-9,11-14H2/t17-/m1/s1. The van der Waals surface area contributed by atoms with Crippen LogP contribution in [-0.4, -0.2) is 66.2 Å². The highest BCUT2D eigenvalue weighted by atomic mass is 32.2. The van der Waals surface area contributed by atoms with Crippen molar-refractivity contribution < 1.29 is 30.8 Å². The van der Waals surface area contributed by atoms with Gasteiger partial charge in [0.25, 0.3) is 0 Å². The van der Waals surface area contributed by atoms with E-state index in [1.54, 1.807) is 18.4 Å². The Labute approximate surface area is 180 Å². The Kier molecular flexibility index (Phi) is 6.17. The Balaban J connectivity index is 1.49.